The van der Waals surface area contributed by atoms with Crippen LogP contribution in [-0.4, -0.2) is 36.1 Å². The van der Waals surface area contributed by atoms with Gasteiger partial charge in [-0.2, -0.15) is 0 Å². The summed E-state index contributed by atoms with van der Waals surface area (Å²) in [7, 11) is 4.85. The fraction of sp³-hybridized carbons (Fsp3) is 0.217. The minimum atomic E-state index is 0.304. The van der Waals surface area contributed by atoms with Gasteiger partial charge in [0.25, 0.3) is 0 Å². The number of nitrogens with two attached hydrogens (primary N) is 2. The van der Waals surface area contributed by atoms with Crippen LogP contribution in [0.15, 0.2) is 42.5 Å². The third kappa shape index (κ3) is 3.47. The zero-order chi connectivity index (χ0) is 22.8. The van der Waals surface area contributed by atoms with Gasteiger partial charge >= 0.3 is 0 Å². The molecule has 0 saturated carbocycles. The first kappa shape index (κ1) is 21.1. The lowest BCUT2D eigenvalue weighted by molar-refractivity contribution is 0.393. The third-order valence-electron chi connectivity index (χ3n) is 5.46. The normalized spacial score (nSPS) is 10.9. The topological polar surface area (TPSA) is 122 Å². The number of nitrogen functional groups attached to an aromatic ring is 2. The third-order valence-corrected chi connectivity index (χ3v) is 5.46. The molecule has 0 aliphatic heterocycles. The van der Waals surface area contributed by atoms with E-state index in [0.717, 1.165) is 28.1 Å². The molecule has 0 aliphatic carbocycles. The quantitative estimate of drug-likeness (QED) is 0.404. The summed E-state index contributed by atoms with van der Waals surface area (Å²) in [5.74, 6) is 3.39. The maximum absolute atomic E-state index is 6.65. The van der Waals surface area contributed by atoms with E-state index in [-0.39, 0.29) is 0 Å². The van der Waals surface area contributed by atoms with Crippen molar-refractivity contribution in [1.82, 2.24) is 14.8 Å². The predicted molar refractivity (Wildman–Crippen MR) is 126 cm³/mol. The smallest absolute Gasteiger partial charge is 0.160 e. The molecule has 0 fully saturated rings. The van der Waals surface area contributed by atoms with E-state index in [0.29, 0.717) is 40.9 Å². The summed E-state index contributed by atoms with van der Waals surface area (Å²) in [5, 5.41) is 13.2. The van der Waals surface area contributed by atoms with Crippen LogP contribution in [-0.2, 0) is 6.54 Å². The molecule has 9 heteroatoms. The van der Waals surface area contributed by atoms with Gasteiger partial charge in [0.15, 0.2) is 11.6 Å². The molecule has 9 nitrogen and oxygen atoms in total. The van der Waals surface area contributed by atoms with Gasteiger partial charge in [0.05, 0.1) is 37.8 Å². The highest BCUT2D eigenvalue weighted by molar-refractivity contribution is 6.07. The fourth-order valence-corrected chi connectivity index (χ4v) is 3.90. The van der Waals surface area contributed by atoms with Crippen molar-refractivity contribution in [3.05, 3.63) is 53.7 Å². The number of para-hydroxylation sites is 1. The zero-order valence-electron chi connectivity index (χ0n) is 18.5. The molecule has 2 aromatic carbocycles. The van der Waals surface area contributed by atoms with Crippen LogP contribution in [0.3, 0.4) is 0 Å². The summed E-state index contributed by atoms with van der Waals surface area (Å²) in [4.78, 5) is 0. The number of benzene rings is 2. The Kier molecular flexibility index (Phi) is 5.63. The van der Waals surface area contributed by atoms with Crippen molar-refractivity contribution >= 4 is 28.2 Å². The first-order chi connectivity index (χ1) is 15.5. The van der Waals surface area contributed by atoms with E-state index in [4.69, 9.17) is 25.7 Å². The van der Waals surface area contributed by atoms with Crippen LogP contribution in [0.25, 0.3) is 16.5 Å². The Hall–Kier alpha value is -4.14. The van der Waals surface area contributed by atoms with E-state index in [1.165, 1.54) is 0 Å². The molecular formula is C23H26N6O3. The first-order valence-corrected chi connectivity index (χ1v) is 10.0. The lowest BCUT2D eigenvalue weighted by Gasteiger charge is -2.14. The summed E-state index contributed by atoms with van der Waals surface area (Å²) in [6.07, 6.45) is 0. The summed E-state index contributed by atoms with van der Waals surface area (Å²) in [5.41, 5.74) is 15.4. The standard InChI is InChI=1S/C23H26N6O3/c1-13-19-20(22(25)29(13)16-10-9-15(30-2)11-18(16)32-4)23(28-27-21(19)24)26-12-14-7-5-6-8-17(14)31-3/h5-11H,12,25H2,1-4H3,(H2,24,27)(H,26,28). The van der Waals surface area contributed by atoms with Gasteiger partial charge in [0, 0.05) is 23.9 Å². The molecule has 4 rings (SSSR count). The monoisotopic (exact) mass is 434 g/mol. The van der Waals surface area contributed by atoms with Crippen molar-refractivity contribution < 1.29 is 14.2 Å². The summed E-state index contributed by atoms with van der Waals surface area (Å²) < 4.78 is 18.2. The lowest BCUT2D eigenvalue weighted by Crippen LogP contribution is -2.07. The maximum Gasteiger partial charge on any atom is 0.160 e. The van der Waals surface area contributed by atoms with Gasteiger partial charge < -0.3 is 31.0 Å². The Morgan fingerprint density at radius 3 is 2.38 bits per heavy atom. The minimum absolute atomic E-state index is 0.304. The van der Waals surface area contributed by atoms with E-state index in [1.54, 1.807) is 27.4 Å². The molecule has 0 spiro atoms. The number of nitrogens with zero attached hydrogens (tertiary/aromatic N) is 3. The number of nitrogens with one attached hydrogen (secondary N) is 1. The van der Waals surface area contributed by atoms with Gasteiger partial charge in [-0.1, -0.05) is 18.2 Å². The number of hydrogen-bond acceptors (Lipinski definition) is 8. The number of fused-ring (bicyclic) bond motifs is 1. The second-order valence-electron chi connectivity index (χ2n) is 7.19. The second kappa shape index (κ2) is 8.54. The van der Waals surface area contributed by atoms with Crippen LogP contribution in [0.1, 0.15) is 11.3 Å². The molecule has 0 unspecified atom stereocenters. The molecule has 0 radical (unpaired) electrons. The molecule has 2 aromatic heterocycles. The number of aryl methyl sites for hydroxylation is 1. The number of rotatable bonds is 7. The highest BCUT2D eigenvalue weighted by atomic mass is 16.5. The van der Waals surface area contributed by atoms with Crippen molar-refractivity contribution in [3.8, 4) is 22.9 Å². The predicted octanol–water partition coefficient (Wildman–Crippen LogP) is 3.53. The average Bonchev–Trinajstić information content (AvgIpc) is 3.09. The first-order valence-electron chi connectivity index (χ1n) is 10.0. The molecule has 2 heterocycles. The molecule has 0 saturated heterocycles. The SMILES string of the molecule is COc1ccc(-n2c(C)c3c(N)nnc(NCc4ccccc4OC)c3c2N)c(OC)c1. The molecule has 0 amide bonds. The van der Waals surface area contributed by atoms with Gasteiger partial charge in [-0.15, -0.1) is 10.2 Å². The number of ether oxygens (including phenoxy) is 3. The Labute approximate surface area is 185 Å². The van der Waals surface area contributed by atoms with Crippen LogP contribution in [0, 0.1) is 6.92 Å². The number of anilines is 3. The van der Waals surface area contributed by atoms with Crippen LogP contribution in [0.4, 0.5) is 17.5 Å². The molecule has 4 aromatic rings. The largest absolute Gasteiger partial charge is 0.497 e. The lowest BCUT2D eigenvalue weighted by atomic mass is 10.2. The highest BCUT2D eigenvalue weighted by Gasteiger charge is 2.22. The minimum Gasteiger partial charge on any atom is -0.497 e. The van der Waals surface area contributed by atoms with Crippen LogP contribution >= 0.6 is 0 Å². The molecule has 0 atom stereocenters. The Balaban J connectivity index is 1.84. The zero-order valence-corrected chi connectivity index (χ0v) is 18.5. The van der Waals surface area contributed by atoms with Gasteiger partial charge in [-0.25, -0.2) is 0 Å². The van der Waals surface area contributed by atoms with Crippen molar-refractivity contribution in [3.63, 3.8) is 0 Å². The fourth-order valence-electron chi connectivity index (χ4n) is 3.90. The van der Waals surface area contributed by atoms with Crippen molar-refractivity contribution in [2.45, 2.75) is 13.5 Å². The summed E-state index contributed by atoms with van der Waals surface area (Å²) in [6.45, 7) is 2.41. The molecule has 5 N–H and O–H groups in total. The molecule has 32 heavy (non-hydrogen) atoms. The van der Waals surface area contributed by atoms with Gasteiger partial charge in [-0.3, -0.25) is 4.57 Å². The molecular weight excluding hydrogens is 408 g/mol. The Morgan fingerprint density at radius 2 is 1.66 bits per heavy atom. The van der Waals surface area contributed by atoms with Gasteiger partial charge in [-0.05, 0) is 25.1 Å². The van der Waals surface area contributed by atoms with Crippen molar-refractivity contribution in [2.24, 2.45) is 0 Å². The Bertz CT molecular complexity index is 1280. The average molecular weight is 435 g/mol. The van der Waals surface area contributed by atoms with Crippen molar-refractivity contribution in [2.75, 3.05) is 38.1 Å². The van der Waals surface area contributed by atoms with E-state index >= 15 is 0 Å². The van der Waals surface area contributed by atoms with E-state index in [2.05, 4.69) is 15.5 Å². The van der Waals surface area contributed by atoms with Crippen LogP contribution in [0.2, 0.25) is 0 Å². The Morgan fingerprint density at radius 1 is 0.906 bits per heavy atom. The molecule has 0 aliphatic rings. The molecule has 0 bridgehead atoms. The number of hydrogen-bond donors (Lipinski definition) is 3. The van der Waals surface area contributed by atoms with E-state index < -0.39 is 0 Å². The van der Waals surface area contributed by atoms with Gasteiger partial charge in [0.1, 0.15) is 23.1 Å². The highest BCUT2D eigenvalue weighted by Crippen LogP contribution is 2.40. The number of methoxy groups -OCH3 is 3. The van der Waals surface area contributed by atoms with Crippen LogP contribution in [0.5, 0.6) is 17.2 Å². The van der Waals surface area contributed by atoms with Crippen molar-refractivity contribution in [1.29, 1.82) is 0 Å². The van der Waals surface area contributed by atoms with E-state index in [9.17, 15) is 0 Å². The van der Waals surface area contributed by atoms with E-state index in [1.807, 2.05) is 47.9 Å². The van der Waals surface area contributed by atoms with Crippen LogP contribution < -0.4 is 31.0 Å². The number of aromatic nitrogens is 3. The second-order valence-corrected chi connectivity index (χ2v) is 7.19. The molecule has 166 valence electrons. The maximum atomic E-state index is 6.65. The summed E-state index contributed by atoms with van der Waals surface area (Å²) in [6, 6.07) is 13.3. The summed E-state index contributed by atoms with van der Waals surface area (Å²) >= 11 is 0. The van der Waals surface area contributed by atoms with Gasteiger partial charge in [0.2, 0.25) is 0 Å².